The molecule has 0 aliphatic carbocycles. The summed E-state index contributed by atoms with van der Waals surface area (Å²) in [5.41, 5.74) is 3.94. The summed E-state index contributed by atoms with van der Waals surface area (Å²) in [6, 6.07) is 3.42. The highest BCUT2D eigenvalue weighted by atomic mass is 35.5. The second-order valence-electron chi connectivity index (χ2n) is 6.33. The lowest BCUT2D eigenvalue weighted by molar-refractivity contribution is 0.101. The summed E-state index contributed by atoms with van der Waals surface area (Å²) in [4.78, 5) is 27.5. The summed E-state index contributed by atoms with van der Waals surface area (Å²) < 4.78 is 14.7. The molecule has 0 radical (unpaired) electrons. The summed E-state index contributed by atoms with van der Waals surface area (Å²) in [6.45, 7) is 6.49. The standard InChI is InChI=1S/C19H22FN3O2.ClH/c1-4-13-16(11(3)24)10(2)22-18(13)19(25)23-15-6-5-12-9-21-8-7-14(12)17(15)20;/h5-6,21-22H,4,7-9H2,1-3H3,(H,23,25);1H. The van der Waals surface area contributed by atoms with Crippen LogP contribution in [0.15, 0.2) is 12.1 Å². The molecule has 140 valence electrons. The lowest BCUT2D eigenvalue weighted by Crippen LogP contribution is -2.25. The zero-order valence-corrected chi connectivity index (χ0v) is 15.9. The average molecular weight is 380 g/mol. The Hall–Kier alpha value is -2.18. The molecule has 0 saturated heterocycles. The van der Waals surface area contributed by atoms with Gasteiger partial charge in [0.2, 0.25) is 0 Å². The van der Waals surface area contributed by atoms with Crippen LogP contribution in [0.5, 0.6) is 0 Å². The van der Waals surface area contributed by atoms with Crippen molar-refractivity contribution in [2.24, 2.45) is 0 Å². The molecule has 7 heteroatoms. The number of ketones is 1. The van der Waals surface area contributed by atoms with Gasteiger partial charge in [-0.05, 0) is 56.0 Å². The number of aromatic nitrogens is 1. The number of hydrogen-bond acceptors (Lipinski definition) is 3. The van der Waals surface area contributed by atoms with Gasteiger partial charge < -0.3 is 15.6 Å². The fraction of sp³-hybridized carbons (Fsp3) is 0.368. The van der Waals surface area contributed by atoms with E-state index in [9.17, 15) is 14.0 Å². The molecular formula is C19H23ClFN3O2. The molecule has 1 aliphatic rings. The number of carbonyl (C=O) groups is 2. The van der Waals surface area contributed by atoms with E-state index >= 15 is 0 Å². The molecule has 1 aliphatic heterocycles. The fourth-order valence-corrected chi connectivity index (χ4v) is 3.52. The number of amides is 1. The van der Waals surface area contributed by atoms with Gasteiger partial charge >= 0.3 is 0 Å². The Bertz CT molecular complexity index is 861. The first-order valence-corrected chi connectivity index (χ1v) is 8.48. The molecule has 2 aromatic rings. The number of halogens is 2. The first kappa shape index (κ1) is 20.1. The van der Waals surface area contributed by atoms with Crippen molar-refractivity contribution < 1.29 is 14.0 Å². The number of fused-ring (bicyclic) bond motifs is 1. The molecular weight excluding hydrogens is 357 g/mol. The fourth-order valence-electron chi connectivity index (χ4n) is 3.52. The Balaban J connectivity index is 0.00000243. The van der Waals surface area contributed by atoms with E-state index in [1.165, 1.54) is 6.92 Å². The number of aryl methyl sites for hydroxylation is 1. The van der Waals surface area contributed by atoms with Crippen LogP contribution in [0.2, 0.25) is 0 Å². The van der Waals surface area contributed by atoms with Crippen molar-refractivity contribution in [3.8, 4) is 0 Å². The van der Waals surface area contributed by atoms with Gasteiger partial charge in [-0.25, -0.2) is 4.39 Å². The maximum Gasteiger partial charge on any atom is 0.272 e. The number of nitrogens with one attached hydrogen (secondary N) is 3. The van der Waals surface area contributed by atoms with Crippen LogP contribution in [0.1, 0.15) is 57.1 Å². The number of Topliss-reactive ketones (excluding diaryl/α,β-unsaturated/α-hetero) is 1. The predicted octanol–water partition coefficient (Wildman–Crippen LogP) is 3.55. The molecule has 1 amide bonds. The first-order valence-electron chi connectivity index (χ1n) is 8.48. The van der Waals surface area contributed by atoms with Crippen molar-refractivity contribution in [3.05, 3.63) is 51.6 Å². The normalized spacial score (nSPS) is 12.9. The molecule has 0 spiro atoms. The topological polar surface area (TPSA) is 74.0 Å². The maximum atomic E-state index is 14.7. The minimum atomic E-state index is -0.430. The van der Waals surface area contributed by atoms with E-state index in [0.717, 1.165) is 12.1 Å². The Kier molecular flexibility index (Phi) is 6.21. The molecule has 0 fully saturated rings. The molecule has 0 unspecified atom stereocenters. The number of rotatable bonds is 4. The van der Waals surface area contributed by atoms with Crippen LogP contribution in [0.25, 0.3) is 0 Å². The molecule has 0 bridgehead atoms. The third-order valence-electron chi connectivity index (χ3n) is 4.68. The van der Waals surface area contributed by atoms with Gasteiger partial charge in [0, 0.05) is 17.8 Å². The number of aromatic amines is 1. The van der Waals surface area contributed by atoms with E-state index < -0.39 is 5.91 Å². The van der Waals surface area contributed by atoms with Crippen molar-refractivity contribution in [1.29, 1.82) is 0 Å². The average Bonchev–Trinajstić information content (AvgIpc) is 2.94. The number of anilines is 1. The molecule has 0 atom stereocenters. The van der Waals surface area contributed by atoms with Gasteiger partial charge in [-0.2, -0.15) is 0 Å². The van der Waals surface area contributed by atoms with E-state index in [1.54, 1.807) is 13.0 Å². The summed E-state index contributed by atoms with van der Waals surface area (Å²) in [5, 5.41) is 5.85. The quantitative estimate of drug-likeness (QED) is 0.711. The maximum absolute atomic E-state index is 14.7. The number of H-pyrrole nitrogens is 1. The SMILES string of the molecule is CCc1c(C(=O)Nc2ccc3c(c2F)CCNC3)[nH]c(C)c1C(C)=O.Cl. The molecule has 1 aromatic heterocycles. The smallest absolute Gasteiger partial charge is 0.272 e. The van der Waals surface area contributed by atoms with Crippen molar-refractivity contribution in [1.82, 2.24) is 10.3 Å². The van der Waals surface area contributed by atoms with Crippen molar-refractivity contribution in [3.63, 3.8) is 0 Å². The summed E-state index contributed by atoms with van der Waals surface area (Å²) in [5.74, 6) is -0.891. The molecule has 0 saturated carbocycles. The van der Waals surface area contributed by atoms with Gasteiger partial charge in [0.15, 0.2) is 5.78 Å². The monoisotopic (exact) mass is 379 g/mol. The third-order valence-corrected chi connectivity index (χ3v) is 4.68. The van der Waals surface area contributed by atoms with Gasteiger partial charge in [-0.3, -0.25) is 9.59 Å². The molecule has 3 rings (SSSR count). The van der Waals surface area contributed by atoms with Crippen LogP contribution in [0.4, 0.5) is 10.1 Å². The zero-order valence-electron chi connectivity index (χ0n) is 15.1. The lowest BCUT2D eigenvalue weighted by Gasteiger charge is -2.19. The van der Waals surface area contributed by atoms with Crippen LogP contribution in [0.3, 0.4) is 0 Å². The van der Waals surface area contributed by atoms with E-state index in [1.807, 2.05) is 13.0 Å². The Morgan fingerprint density at radius 1 is 1.31 bits per heavy atom. The van der Waals surface area contributed by atoms with Gasteiger partial charge in [0.1, 0.15) is 11.5 Å². The number of carbonyl (C=O) groups excluding carboxylic acids is 2. The predicted molar refractivity (Wildman–Crippen MR) is 102 cm³/mol. The van der Waals surface area contributed by atoms with Crippen LogP contribution >= 0.6 is 12.4 Å². The van der Waals surface area contributed by atoms with E-state index in [0.29, 0.717) is 47.5 Å². The Labute approximate surface area is 158 Å². The highest BCUT2D eigenvalue weighted by molar-refractivity contribution is 6.07. The first-order chi connectivity index (χ1) is 11.9. The van der Waals surface area contributed by atoms with Gasteiger partial charge in [0.25, 0.3) is 5.91 Å². The van der Waals surface area contributed by atoms with Crippen LogP contribution in [-0.2, 0) is 19.4 Å². The number of benzene rings is 1. The van der Waals surface area contributed by atoms with Crippen LogP contribution < -0.4 is 10.6 Å². The largest absolute Gasteiger partial charge is 0.354 e. The summed E-state index contributed by atoms with van der Waals surface area (Å²) >= 11 is 0. The van der Waals surface area contributed by atoms with Crippen molar-refractivity contribution >= 4 is 29.8 Å². The minimum absolute atomic E-state index is 0. The van der Waals surface area contributed by atoms with Gasteiger partial charge in [-0.1, -0.05) is 13.0 Å². The summed E-state index contributed by atoms with van der Waals surface area (Å²) in [7, 11) is 0. The second kappa shape index (κ2) is 8.01. The van der Waals surface area contributed by atoms with Gasteiger partial charge in [-0.15, -0.1) is 12.4 Å². The van der Waals surface area contributed by atoms with Crippen molar-refractivity contribution in [2.75, 3.05) is 11.9 Å². The second-order valence-corrected chi connectivity index (χ2v) is 6.33. The minimum Gasteiger partial charge on any atom is -0.354 e. The Morgan fingerprint density at radius 2 is 2.04 bits per heavy atom. The van der Waals surface area contributed by atoms with E-state index in [2.05, 4.69) is 15.6 Å². The number of hydrogen-bond donors (Lipinski definition) is 3. The molecule has 26 heavy (non-hydrogen) atoms. The molecule has 2 heterocycles. The summed E-state index contributed by atoms with van der Waals surface area (Å²) in [6.07, 6.45) is 1.14. The molecule has 3 N–H and O–H groups in total. The highest BCUT2D eigenvalue weighted by Crippen LogP contribution is 2.26. The third kappa shape index (κ3) is 3.52. The van der Waals surface area contributed by atoms with E-state index in [-0.39, 0.29) is 29.7 Å². The highest BCUT2D eigenvalue weighted by Gasteiger charge is 2.23. The Morgan fingerprint density at radius 3 is 2.69 bits per heavy atom. The van der Waals surface area contributed by atoms with Crippen LogP contribution in [0, 0.1) is 12.7 Å². The van der Waals surface area contributed by atoms with Crippen LogP contribution in [-0.4, -0.2) is 23.2 Å². The lowest BCUT2D eigenvalue weighted by atomic mass is 9.99. The molecule has 5 nitrogen and oxygen atoms in total. The van der Waals surface area contributed by atoms with Crippen molar-refractivity contribution in [2.45, 2.75) is 40.2 Å². The van der Waals surface area contributed by atoms with Gasteiger partial charge in [0.05, 0.1) is 5.69 Å². The zero-order chi connectivity index (χ0) is 18.1. The van der Waals surface area contributed by atoms with E-state index in [4.69, 9.17) is 0 Å². The molecule has 1 aromatic carbocycles.